The molecule has 0 unspecified atom stereocenters. The first-order valence-corrected chi connectivity index (χ1v) is 9.09. The summed E-state index contributed by atoms with van der Waals surface area (Å²) in [6.45, 7) is 4.55. The summed E-state index contributed by atoms with van der Waals surface area (Å²) >= 11 is 0. The van der Waals surface area contributed by atoms with Crippen LogP contribution in [0.1, 0.15) is 19.8 Å². The Hall–Kier alpha value is -2.35. The van der Waals surface area contributed by atoms with Crippen molar-refractivity contribution in [3.63, 3.8) is 0 Å². The molecule has 27 heavy (non-hydrogen) atoms. The van der Waals surface area contributed by atoms with Gasteiger partial charge >= 0.3 is 6.36 Å². The Labute approximate surface area is 155 Å². The molecule has 0 amide bonds. The summed E-state index contributed by atoms with van der Waals surface area (Å²) in [5.41, 5.74) is 1.02. The first-order valence-electron chi connectivity index (χ1n) is 9.09. The Balaban J connectivity index is 1.47. The number of nitrogens with zero attached hydrogens (tertiary/aromatic N) is 3. The molecule has 2 bridgehead atoms. The third-order valence-corrected chi connectivity index (χ3v) is 5.52. The molecule has 5 rings (SSSR count). The summed E-state index contributed by atoms with van der Waals surface area (Å²) in [6, 6.07) is 10.1. The minimum Gasteiger partial charge on any atom is -0.406 e. The maximum atomic E-state index is 12.4. The van der Waals surface area contributed by atoms with Gasteiger partial charge in [-0.15, -0.1) is 23.4 Å². The van der Waals surface area contributed by atoms with Gasteiger partial charge in [-0.1, -0.05) is 12.1 Å². The number of rotatable bonds is 4. The minimum atomic E-state index is -4.72. The van der Waals surface area contributed by atoms with Gasteiger partial charge in [-0.05, 0) is 63.0 Å². The number of anilines is 1. The van der Waals surface area contributed by atoms with Crippen molar-refractivity contribution in [2.24, 2.45) is 5.92 Å². The lowest BCUT2D eigenvalue weighted by Crippen LogP contribution is -2.59. The molecule has 5 nitrogen and oxygen atoms in total. The number of aromatic nitrogens is 2. The predicted molar refractivity (Wildman–Crippen MR) is 95.3 cm³/mol. The molecule has 4 heterocycles. The van der Waals surface area contributed by atoms with Crippen molar-refractivity contribution in [1.29, 1.82) is 0 Å². The topological polar surface area (TPSA) is 50.3 Å². The zero-order valence-corrected chi connectivity index (χ0v) is 14.9. The van der Waals surface area contributed by atoms with Gasteiger partial charge in [-0.2, -0.15) is 0 Å². The third-order valence-electron chi connectivity index (χ3n) is 5.52. The molecular formula is C19H21F3N4O. The van der Waals surface area contributed by atoms with Crippen molar-refractivity contribution in [2.75, 3.05) is 18.4 Å². The van der Waals surface area contributed by atoms with Gasteiger partial charge in [0, 0.05) is 17.6 Å². The highest BCUT2D eigenvalue weighted by Gasteiger charge is 2.39. The van der Waals surface area contributed by atoms with Gasteiger partial charge < -0.3 is 10.1 Å². The van der Waals surface area contributed by atoms with Crippen molar-refractivity contribution >= 4 is 5.82 Å². The average molecular weight is 378 g/mol. The average Bonchev–Trinajstić information content (AvgIpc) is 2.64. The number of alkyl halides is 3. The Kier molecular flexibility index (Phi) is 4.67. The van der Waals surface area contributed by atoms with Crippen molar-refractivity contribution in [2.45, 2.75) is 38.2 Å². The molecule has 1 N–H and O–H groups in total. The first kappa shape index (κ1) is 18.0. The van der Waals surface area contributed by atoms with Crippen molar-refractivity contribution in [3.05, 3.63) is 36.4 Å². The maximum absolute atomic E-state index is 12.4. The number of hydrogen-bond donors (Lipinski definition) is 1. The van der Waals surface area contributed by atoms with Crippen LogP contribution in [0.3, 0.4) is 0 Å². The van der Waals surface area contributed by atoms with E-state index in [9.17, 15) is 13.2 Å². The Morgan fingerprint density at radius 1 is 1.11 bits per heavy atom. The van der Waals surface area contributed by atoms with Crippen LogP contribution in [0.15, 0.2) is 36.4 Å². The van der Waals surface area contributed by atoms with Crippen LogP contribution < -0.4 is 10.1 Å². The van der Waals surface area contributed by atoms with Crippen LogP contribution >= 0.6 is 0 Å². The second-order valence-corrected chi connectivity index (χ2v) is 7.16. The van der Waals surface area contributed by atoms with Gasteiger partial charge in [0.05, 0.1) is 5.69 Å². The van der Waals surface area contributed by atoms with Gasteiger partial charge in [0.25, 0.3) is 0 Å². The zero-order valence-electron chi connectivity index (χ0n) is 14.9. The second-order valence-electron chi connectivity index (χ2n) is 7.16. The third kappa shape index (κ3) is 4.00. The summed E-state index contributed by atoms with van der Waals surface area (Å²) in [6.07, 6.45) is -2.33. The summed E-state index contributed by atoms with van der Waals surface area (Å²) < 4.78 is 41.1. The second kappa shape index (κ2) is 6.99. The molecule has 3 fully saturated rings. The molecule has 2 aromatic rings. The van der Waals surface area contributed by atoms with Crippen molar-refractivity contribution in [1.82, 2.24) is 15.1 Å². The molecule has 0 radical (unpaired) electrons. The van der Waals surface area contributed by atoms with Crippen LogP contribution in [-0.2, 0) is 0 Å². The molecule has 1 aromatic carbocycles. The number of halogens is 3. The van der Waals surface area contributed by atoms with Gasteiger partial charge in [0.15, 0.2) is 0 Å². The number of ether oxygens (including phenoxy) is 1. The molecule has 0 saturated carbocycles. The lowest BCUT2D eigenvalue weighted by atomic mass is 9.79. The summed E-state index contributed by atoms with van der Waals surface area (Å²) in [7, 11) is 0. The van der Waals surface area contributed by atoms with Gasteiger partial charge in [-0.25, -0.2) is 0 Å². The van der Waals surface area contributed by atoms with E-state index >= 15 is 0 Å². The summed E-state index contributed by atoms with van der Waals surface area (Å²) in [4.78, 5) is 2.49. The molecule has 144 valence electrons. The van der Waals surface area contributed by atoms with E-state index in [-0.39, 0.29) is 5.75 Å². The monoisotopic (exact) mass is 378 g/mol. The fourth-order valence-corrected chi connectivity index (χ4v) is 4.13. The van der Waals surface area contributed by atoms with Gasteiger partial charge in [0.1, 0.15) is 11.6 Å². The molecular weight excluding hydrogens is 357 g/mol. The highest BCUT2D eigenvalue weighted by molar-refractivity contribution is 5.61. The number of nitrogens with one attached hydrogen (secondary N) is 1. The molecule has 3 aliphatic rings. The highest BCUT2D eigenvalue weighted by Crippen LogP contribution is 2.34. The van der Waals surface area contributed by atoms with E-state index in [1.807, 2.05) is 6.07 Å². The number of piperidine rings is 3. The van der Waals surface area contributed by atoms with Crippen LogP contribution in [0, 0.1) is 5.92 Å². The molecule has 3 aliphatic heterocycles. The maximum Gasteiger partial charge on any atom is 0.573 e. The SMILES string of the molecule is C[C@@H]1[C@@H](Nc2ccc(-c3cccc(OC(F)(F)F)c3)nn2)C2CCN1CC2. The molecule has 0 spiro atoms. The van der Waals surface area contributed by atoms with Gasteiger partial charge in [-0.3, -0.25) is 4.90 Å². The zero-order chi connectivity index (χ0) is 19.0. The fraction of sp³-hybridized carbons (Fsp3) is 0.474. The first-order chi connectivity index (χ1) is 12.9. The number of benzene rings is 1. The molecule has 2 atom stereocenters. The van der Waals surface area contributed by atoms with Crippen molar-refractivity contribution in [3.8, 4) is 17.0 Å². The smallest absolute Gasteiger partial charge is 0.406 e. The predicted octanol–water partition coefficient (Wildman–Crippen LogP) is 3.94. The van der Waals surface area contributed by atoms with Gasteiger partial charge in [0.2, 0.25) is 0 Å². The summed E-state index contributed by atoms with van der Waals surface area (Å²) in [5.74, 6) is 1.06. The minimum absolute atomic E-state index is 0.273. The van der Waals surface area contributed by atoms with Crippen molar-refractivity contribution < 1.29 is 17.9 Å². The Bertz CT molecular complexity index is 786. The standard InChI is InChI=1S/C19H21F3N4O/c1-12-18(13-7-9-26(12)10-8-13)23-17-6-5-16(24-25-17)14-3-2-4-15(11-14)27-19(20,21)22/h2-6,11-13,18H,7-10H2,1H3,(H,23,25)/t12-,18-/m1/s1. The van der Waals surface area contributed by atoms with Crippen LogP contribution in [0.5, 0.6) is 5.75 Å². The van der Waals surface area contributed by atoms with Crippen LogP contribution in [0.25, 0.3) is 11.3 Å². The molecule has 8 heteroatoms. The number of hydrogen-bond acceptors (Lipinski definition) is 5. The normalized spacial score (nSPS) is 27.4. The highest BCUT2D eigenvalue weighted by atomic mass is 19.4. The number of fused-ring (bicyclic) bond motifs is 3. The Morgan fingerprint density at radius 2 is 1.89 bits per heavy atom. The molecule has 3 saturated heterocycles. The van der Waals surface area contributed by atoms with E-state index in [0.717, 1.165) is 13.1 Å². The summed E-state index contributed by atoms with van der Waals surface area (Å²) in [5, 5.41) is 11.9. The molecule has 1 aromatic heterocycles. The van der Waals surface area contributed by atoms with E-state index in [1.54, 1.807) is 12.1 Å². The van der Waals surface area contributed by atoms with E-state index in [0.29, 0.717) is 35.1 Å². The van der Waals surface area contributed by atoms with E-state index in [1.165, 1.54) is 31.0 Å². The lowest BCUT2D eigenvalue weighted by molar-refractivity contribution is -0.274. The lowest BCUT2D eigenvalue weighted by Gasteiger charge is -2.50. The van der Waals surface area contributed by atoms with Crippen LogP contribution in [-0.4, -0.2) is 46.6 Å². The van der Waals surface area contributed by atoms with Crippen LogP contribution in [0.2, 0.25) is 0 Å². The fourth-order valence-electron chi connectivity index (χ4n) is 4.13. The quantitative estimate of drug-likeness (QED) is 0.874. The van der Waals surface area contributed by atoms with E-state index < -0.39 is 6.36 Å². The molecule has 0 aliphatic carbocycles. The van der Waals surface area contributed by atoms with E-state index in [2.05, 4.69) is 32.1 Å². The Morgan fingerprint density at radius 3 is 2.52 bits per heavy atom. The van der Waals surface area contributed by atoms with Crippen LogP contribution in [0.4, 0.5) is 19.0 Å². The van der Waals surface area contributed by atoms with E-state index in [4.69, 9.17) is 0 Å². The largest absolute Gasteiger partial charge is 0.573 e.